The molecule has 1 heterocycles. The number of benzene rings is 2. The maximum atomic E-state index is 8.99. The molecular weight excluding hydrogens is 308 g/mol. The summed E-state index contributed by atoms with van der Waals surface area (Å²) in [6.07, 6.45) is 6.43. The monoisotopic (exact) mass is 332 g/mol. The van der Waals surface area contributed by atoms with E-state index in [9.17, 15) is 0 Å². The molecule has 4 rings (SSSR count). The number of ether oxygens (including phenoxy) is 1. The standard InChI is InChI=1S/C22H24N2O/c23-15-17-3-1-4-18(13-17)16-25-22-8-7-19-9-11-24(21-5-2-6-21)12-10-20(19)14-22/h1,3-4,7-8,13-14,21H,2,5-6,9-12,16H2. The number of fused-ring (bicyclic) bond motifs is 1. The molecule has 3 heteroatoms. The quantitative estimate of drug-likeness (QED) is 0.846. The SMILES string of the molecule is N#Cc1cccc(COc2ccc3c(c2)CCN(C2CCC2)CC3)c1. The van der Waals surface area contributed by atoms with Gasteiger partial charge in [-0.25, -0.2) is 0 Å². The van der Waals surface area contributed by atoms with Crippen molar-refractivity contribution < 1.29 is 4.74 Å². The fourth-order valence-electron chi connectivity index (χ4n) is 3.82. The lowest BCUT2D eigenvalue weighted by Gasteiger charge is -2.36. The first-order chi connectivity index (χ1) is 12.3. The summed E-state index contributed by atoms with van der Waals surface area (Å²) in [5, 5.41) is 8.99. The first-order valence-electron chi connectivity index (χ1n) is 9.29. The van der Waals surface area contributed by atoms with Crippen LogP contribution in [0.4, 0.5) is 0 Å². The van der Waals surface area contributed by atoms with Crippen molar-refractivity contribution in [2.45, 2.75) is 44.8 Å². The van der Waals surface area contributed by atoms with Gasteiger partial charge >= 0.3 is 0 Å². The van der Waals surface area contributed by atoms with Gasteiger partial charge in [0.25, 0.3) is 0 Å². The average molecular weight is 332 g/mol. The molecule has 1 fully saturated rings. The Bertz CT molecular complexity index is 789. The minimum atomic E-state index is 0.502. The lowest BCUT2D eigenvalue weighted by molar-refractivity contribution is 0.133. The number of hydrogen-bond acceptors (Lipinski definition) is 3. The number of nitriles is 1. The van der Waals surface area contributed by atoms with E-state index in [1.165, 1.54) is 43.5 Å². The van der Waals surface area contributed by atoms with Crippen LogP contribution in [0.1, 0.15) is 41.5 Å². The molecule has 2 aromatic rings. The summed E-state index contributed by atoms with van der Waals surface area (Å²) in [6.45, 7) is 2.87. The highest BCUT2D eigenvalue weighted by molar-refractivity contribution is 5.37. The molecule has 0 amide bonds. The minimum absolute atomic E-state index is 0.502. The molecule has 0 N–H and O–H groups in total. The van der Waals surface area contributed by atoms with Crippen LogP contribution in [0.5, 0.6) is 5.75 Å². The second-order valence-electron chi connectivity index (χ2n) is 7.15. The highest BCUT2D eigenvalue weighted by Gasteiger charge is 2.26. The molecule has 1 aliphatic carbocycles. The molecule has 128 valence electrons. The van der Waals surface area contributed by atoms with Crippen molar-refractivity contribution >= 4 is 0 Å². The van der Waals surface area contributed by atoms with E-state index in [1.807, 2.05) is 24.3 Å². The van der Waals surface area contributed by atoms with Crippen LogP contribution in [-0.2, 0) is 19.4 Å². The maximum Gasteiger partial charge on any atom is 0.120 e. The van der Waals surface area contributed by atoms with Gasteiger partial charge in [-0.05, 0) is 66.6 Å². The topological polar surface area (TPSA) is 36.3 Å². The van der Waals surface area contributed by atoms with Gasteiger partial charge in [0.2, 0.25) is 0 Å². The van der Waals surface area contributed by atoms with E-state index in [1.54, 1.807) is 0 Å². The fraction of sp³-hybridized carbons (Fsp3) is 0.409. The van der Waals surface area contributed by atoms with Crippen LogP contribution in [0.2, 0.25) is 0 Å². The minimum Gasteiger partial charge on any atom is -0.489 e. The van der Waals surface area contributed by atoms with Gasteiger partial charge < -0.3 is 4.74 Å². The van der Waals surface area contributed by atoms with Crippen molar-refractivity contribution in [3.8, 4) is 11.8 Å². The molecule has 0 spiro atoms. The largest absolute Gasteiger partial charge is 0.489 e. The maximum absolute atomic E-state index is 8.99. The van der Waals surface area contributed by atoms with Gasteiger partial charge in [-0.2, -0.15) is 5.26 Å². The Morgan fingerprint density at radius 3 is 2.64 bits per heavy atom. The predicted molar refractivity (Wildman–Crippen MR) is 98.6 cm³/mol. The number of nitrogens with zero attached hydrogens (tertiary/aromatic N) is 2. The third-order valence-corrected chi connectivity index (χ3v) is 5.57. The van der Waals surface area contributed by atoms with Crippen LogP contribution >= 0.6 is 0 Å². The zero-order chi connectivity index (χ0) is 17.1. The van der Waals surface area contributed by atoms with E-state index in [-0.39, 0.29) is 0 Å². The zero-order valence-electron chi connectivity index (χ0n) is 14.6. The predicted octanol–water partition coefficient (Wildman–Crippen LogP) is 4.09. The lowest BCUT2D eigenvalue weighted by atomic mass is 9.91. The molecule has 25 heavy (non-hydrogen) atoms. The van der Waals surface area contributed by atoms with Crippen LogP contribution in [0.15, 0.2) is 42.5 Å². The van der Waals surface area contributed by atoms with E-state index < -0.39 is 0 Å². The molecule has 2 aliphatic rings. The van der Waals surface area contributed by atoms with E-state index >= 15 is 0 Å². The van der Waals surface area contributed by atoms with Crippen LogP contribution in [0.25, 0.3) is 0 Å². The third-order valence-electron chi connectivity index (χ3n) is 5.57. The normalized spacial score (nSPS) is 17.9. The number of hydrogen-bond donors (Lipinski definition) is 0. The van der Waals surface area contributed by atoms with Crippen molar-refractivity contribution in [1.82, 2.24) is 4.90 Å². The van der Waals surface area contributed by atoms with Crippen molar-refractivity contribution in [3.63, 3.8) is 0 Å². The Hall–Kier alpha value is -2.31. The van der Waals surface area contributed by atoms with Gasteiger partial charge in [-0.1, -0.05) is 24.6 Å². The molecule has 3 nitrogen and oxygen atoms in total. The van der Waals surface area contributed by atoms with Gasteiger partial charge in [-0.15, -0.1) is 0 Å². The van der Waals surface area contributed by atoms with Crippen LogP contribution in [0.3, 0.4) is 0 Å². The molecule has 0 unspecified atom stereocenters. The second kappa shape index (κ2) is 7.29. The summed E-state index contributed by atoms with van der Waals surface area (Å²) in [6, 6.07) is 17.2. The Morgan fingerprint density at radius 2 is 1.88 bits per heavy atom. The average Bonchev–Trinajstić information content (AvgIpc) is 2.81. The highest BCUT2D eigenvalue weighted by atomic mass is 16.5. The van der Waals surface area contributed by atoms with E-state index in [4.69, 9.17) is 10.00 Å². The van der Waals surface area contributed by atoms with Gasteiger partial charge in [-0.3, -0.25) is 4.90 Å². The summed E-state index contributed by atoms with van der Waals surface area (Å²) < 4.78 is 5.98. The molecule has 0 atom stereocenters. The highest BCUT2D eigenvalue weighted by Crippen LogP contribution is 2.28. The fourth-order valence-corrected chi connectivity index (χ4v) is 3.82. The molecule has 2 aromatic carbocycles. The summed E-state index contributed by atoms with van der Waals surface area (Å²) in [4.78, 5) is 2.68. The van der Waals surface area contributed by atoms with E-state index in [0.717, 1.165) is 30.2 Å². The first kappa shape index (κ1) is 16.2. The third kappa shape index (κ3) is 3.70. The Labute approximate surface area is 149 Å². The summed E-state index contributed by atoms with van der Waals surface area (Å²) in [5.74, 6) is 0.929. The molecule has 1 saturated carbocycles. The van der Waals surface area contributed by atoms with E-state index in [2.05, 4.69) is 29.2 Å². The van der Waals surface area contributed by atoms with Crippen molar-refractivity contribution in [2.24, 2.45) is 0 Å². The smallest absolute Gasteiger partial charge is 0.120 e. The second-order valence-corrected chi connectivity index (χ2v) is 7.15. The summed E-state index contributed by atoms with van der Waals surface area (Å²) >= 11 is 0. The van der Waals surface area contributed by atoms with Gasteiger partial charge in [0.1, 0.15) is 12.4 Å². The first-order valence-corrected chi connectivity index (χ1v) is 9.29. The Balaban J connectivity index is 1.41. The van der Waals surface area contributed by atoms with Crippen LogP contribution in [-0.4, -0.2) is 24.0 Å². The van der Waals surface area contributed by atoms with Crippen molar-refractivity contribution in [3.05, 3.63) is 64.7 Å². The van der Waals surface area contributed by atoms with Crippen LogP contribution < -0.4 is 4.74 Å². The molecule has 0 radical (unpaired) electrons. The van der Waals surface area contributed by atoms with Gasteiger partial charge in [0.15, 0.2) is 0 Å². The van der Waals surface area contributed by atoms with Gasteiger partial charge in [0.05, 0.1) is 11.6 Å². The zero-order valence-corrected chi connectivity index (χ0v) is 14.6. The Morgan fingerprint density at radius 1 is 1.04 bits per heavy atom. The lowest BCUT2D eigenvalue weighted by Crippen LogP contribution is -2.41. The molecule has 0 bridgehead atoms. The molecule has 0 aromatic heterocycles. The van der Waals surface area contributed by atoms with Gasteiger partial charge in [0, 0.05) is 19.1 Å². The van der Waals surface area contributed by atoms with Crippen molar-refractivity contribution in [1.29, 1.82) is 5.26 Å². The Kier molecular flexibility index (Phi) is 4.72. The molecule has 1 aliphatic heterocycles. The number of rotatable bonds is 4. The van der Waals surface area contributed by atoms with Crippen LogP contribution in [0, 0.1) is 11.3 Å². The van der Waals surface area contributed by atoms with E-state index in [0.29, 0.717) is 12.2 Å². The van der Waals surface area contributed by atoms with Crippen molar-refractivity contribution in [2.75, 3.05) is 13.1 Å². The molecular formula is C22H24N2O. The summed E-state index contributed by atoms with van der Waals surface area (Å²) in [5.41, 5.74) is 4.62. The summed E-state index contributed by atoms with van der Waals surface area (Å²) in [7, 11) is 0. The molecule has 0 saturated heterocycles.